The molecule has 0 unspecified atom stereocenters. The molecule has 1 aliphatic heterocycles. The molecule has 3 rings (SSSR count). The molecule has 0 spiro atoms. The molecule has 34 heavy (non-hydrogen) atoms. The first kappa shape index (κ1) is 24.7. The number of rotatable bonds is 7. The highest BCUT2D eigenvalue weighted by Crippen LogP contribution is 2.54. The maximum absolute atomic E-state index is 13.9. The summed E-state index contributed by atoms with van der Waals surface area (Å²) in [5.41, 5.74) is 0.762. The summed E-state index contributed by atoms with van der Waals surface area (Å²) in [6, 6.07) is 14.8. The van der Waals surface area contributed by atoms with Crippen LogP contribution in [0.1, 0.15) is 37.8 Å². The molecule has 2 atom stereocenters. The van der Waals surface area contributed by atoms with E-state index in [-0.39, 0.29) is 24.5 Å². The quantitative estimate of drug-likeness (QED) is 0.338. The van der Waals surface area contributed by atoms with Crippen LogP contribution in [-0.2, 0) is 24.5 Å². The molecule has 0 fully saturated rings. The molecule has 1 aliphatic rings. The molecule has 178 valence electrons. The maximum atomic E-state index is 13.9. The molecule has 0 saturated carbocycles. The maximum Gasteiger partial charge on any atom is 0.336 e. The second-order valence-corrected chi connectivity index (χ2v) is 7.90. The zero-order valence-corrected chi connectivity index (χ0v) is 19.7. The van der Waals surface area contributed by atoms with Crippen LogP contribution in [0.5, 0.6) is 0 Å². The fourth-order valence-corrected chi connectivity index (χ4v) is 4.55. The number of likely N-dealkylation sites (N-methyl/N-ethyl adjacent to an activating group) is 1. The Labute approximate surface area is 198 Å². The molecular formula is C26H28N2O6. The van der Waals surface area contributed by atoms with Gasteiger partial charge in [0.2, 0.25) is 0 Å². The molecule has 8 nitrogen and oxygen atoms in total. The lowest BCUT2D eigenvalue weighted by Gasteiger charge is -2.48. The summed E-state index contributed by atoms with van der Waals surface area (Å²) in [4.78, 5) is 39.7. The number of esters is 2. The Bertz CT molecular complexity index is 1140. The number of non-ortho nitro benzene ring substituents is 1. The number of allylic oxidation sites excluding steroid dienone is 1. The molecule has 0 bridgehead atoms. The van der Waals surface area contributed by atoms with Crippen LogP contribution < -0.4 is 0 Å². The molecule has 0 radical (unpaired) electrons. The second kappa shape index (κ2) is 9.91. The third-order valence-electron chi connectivity index (χ3n) is 6.23. The van der Waals surface area contributed by atoms with Gasteiger partial charge in [0.1, 0.15) is 5.41 Å². The van der Waals surface area contributed by atoms with Crippen LogP contribution in [0.2, 0.25) is 0 Å². The first-order valence-corrected chi connectivity index (χ1v) is 11.0. The normalized spacial score (nSPS) is 20.2. The van der Waals surface area contributed by atoms with Gasteiger partial charge < -0.3 is 14.4 Å². The van der Waals surface area contributed by atoms with Crippen molar-refractivity contribution in [2.75, 3.05) is 20.3 Å². The third kappa shape index (κ3) is 3.96. The number of nitro groups is 1. The number of nitrogens with zero attached hydrogens (tertiary/aromatic N) is 2. The van der Waals surface area contributed by atoms with Gasteiger partial charge in [0.25, 0.3) is 5.69 Å². The Kier molecular flexibility index (Phi) is 7.20. The smallest absolute Gasteiger partial charge is 0.336 e. The van der Waals surface area contributed by atoms with Gasteiger partial charge in [-0.15, -0.1) is 0 Å². The predicted molar refractivity (Wildman–Crippen MR) is 127 cm³/mol. The van der Waals surface area contributed by atoms with Gasteiger partial charge >= 0.3 is 11.9 Å². The van der Waals surface area contributed by atoms with Crippen LogP contribution in [0.25, 0.3) is 0 Å². The zero-order valence-electron chi connectivity index (χ0n) is 19.7. The van der Waals surface area contributed by atoms with Gasteiger partial charge in [-0.05, 0) is 31.9 Å². The highest BCUT2D eigenvalue weighted by molar-refractivity contribution is 5.98. The Hall–Kier alpha value is -3.94. The van der Waals surface area contributed by atoms with Crippen LogP contribution in [0.3, 0.4) is 0 Å². The highest BCUT2D eigenvalue weighted by Gasteiger charge is 2.58. The van der Waals surface area contributed by atoms with Gasteiger partial charge in [0.05, 0.1) is 23.7 Å². The van der Waals surface area contributed by atoms with Crippen LogP contribution in [0.15, 0.2) is 78.1 Å². The summed E-state index contributed by atoms with van der Waals surface area (Å²) >= 11 is 0. The van der Waals surface area contributed by atoms with E-state index >= 15 is 0 Å². The Morgan fingerprint density at radius 3 is 2.18 bits per heavy atom. The zero-order chi connectivity index (χ0) is 25.0. The summed E-state index contributed by atoms with van der Waals surface area (Å²) in [5.74, 6) is -2.04. The van der Waals surface area contributed by atoms with E-state index in [4.69, 9.17) is 9.47 Å². The predicted octanol–water partition coefficient (Wildman–Crippen LogP) is 4.48. The molecule has 0 N–H and O–H groups in total. The van der Waals surface area contributed by atoms with E-state index in [0.717, 1.165) is 0 Å². The second-order valence-electron chi connectivity index (χ2n) is 7.90. The van der Waals surface area contributed by atoms with Gasteiger partial charge in [-0.1, -0.05) is 49.0 Å². The van der Waals surface area contributed by atoms with Gasteiger partial charge in [-0.25, -0.2) is 4.79 Å². The Balaban J connectivity index is 2.44. The summed E-state index contributed by atoms with van der Waals surface area (Å²) in [6.07, 6.45) is 0. The molecule has 2 aromatic carbocycles. The number of ether oxygens (including phenoxy) is 2. The van der Waals surface area contributed by atoms with Crippen molar-refractivity contribution >= 4 is 17.6 Å². The molecule has 0 aliphatic carbocycles. The highest BCUT2D eigenvalue weighted by atomic mass is 16.6. The van der Waals surface area contributed by atoms with Crippen molar-refractivity contribution in [1.29, 1.82) is 0 Å². The minimum absolute atomic E-state index is 0.102. The molecule has 0 saturated heterocycles. The molecule has 0 aromatic heterocycles. The van der Waals surface area contributed by atoms with E-state index in [2.05, 4.69) is 6.58 Å². The van der Waals surface area contributed by atoms with Crippen LogP contribution >= 0.6 is 0 Å². The fourth-order valence-electron chi connectivity index (χ4n) is 4.55. The number of carbonyl (C=O) groups excluding carboxylic acids is 2. The number of nitro benzene ring substituents is 1. The van der Waals surface area contributed by atoms with Crippen molar-refractivity contribution in [3.63, 3.8) is 0 Å². The lowest BCUT2D eigenvalue weighted by atomic mass is 9.60. The molecule has 2 aromatic rings. The molecule has 0 amide bonds. The summed E-state index contributed by atoms with van der Waals surface area (Å²) in [6.45, 7) is 9.71. The van der Waals surface area contributed by atoms with Crippen LogP contribution in [-0.4, -0.2) is 42.0 Å². The van der Waals surface area contributed by atoms with E-state index in [1.807, 2.05) is 6.07 Å². The van der Waals surface area contributed by atoms with Gasteiger partial charge in [0, 0.05) is 36.5 Å². The SMILES string of the molecule is C=C1N(C)C(C)=C(C(=O)OCC)[C@@H](c2ccc([N+](=O)[O-])cc2)[C@]1(C(=O)OCC)c1ccccc1. The first-order valence-electron chi connectivity index (χ1n) is 11.0. The Morgan fingerprint density at radius 1 is 1.06 bits per heavy atom. The van der Waals surface area contributed by atoms with E-state index < -0.39 is 28.2 Å². The van der Waals surface area contributed by atoms with Crippen LogP contribution in [0.4, 0.5) is 5.69 Å². The lowest BCUT2D eigenvalue weighted by Crippen LogP contribution is -2.53. The van der Waals surface area contributed by atoms with Gasteiger partial charge in [0.15, 0.2) is 0 Å². The monoisotopic (exact) mass is 464 g/mol. The van der Waals surface area contributed by atoms with Crippen LogP contribution in [0, 0.1) is 10.1 Å². The number of hydrogen-bond acceptors (Lipinski definition) is 7. The van der Waals surface area contributed by atoms with Crippen molar-refractivity contribution in [2.45, 2.75) is 32.1 Å². The largest absolute Gasteiger partial charge is 0.465 e. The van der Waals surface area contributed by atoms with E-state index in [1.165, 1.54) is 12.1 Å². The van der Waals surface area contributed by atoms with Crippen molar-refractivity contribution in [3.05, 3.63) is 99.4 Å². The van der Waals surface area contributed by atoms with Gasteiger partial charge in [-0.3, -0.25) is 14.9 Å². The minimum atomic E-state index is -1.51. The fraction of sp³-hybridized carbons (Fsp3) is 0.308. The average molecular weight is 465 g/mol. The molecule has 1 heterocycles. The van der Waals surface area contributed by atoms with Crippen molar-refractivity contribution in [3.8, 4) is 0 Å². The Morgan fingerprint density at radius 2 is 1.65 bits per heavy atom. The molecular weight excluding hydrogens is 436 g/mol. The summed E-state index contributed by atoms with van der Waals surface area (Å²) < 4.78 is 11.0. The molecule has 8 heteroatoms. The van der Waals surface area contributed by atoms with Gasteiger partial charge in [-0.2, -0.15) is 0 Å². The minimum Gasteiger partial charge on any atom is -0.465 e. The van der Waals surface area contributed by atoms with Crippen molar-refractivity contribution in [1.82, 2.24) is 4.90 Å². The van der Waals surface area contributed by atoms with E-state index in [1.54, 1.807) is 69.1 Å². The van der Waals surface area contributed by atoms with E-state index in [0.29, 0.717) is 22.5 Å². The topological polar surface area (TPSA) is 99.0 Å². The average Bonchev–Trinajstić information content (AvgIpc) is 2.83. The van der Waals surface area contributed by atoms with Crippen molar-refractivity contribution < 1.29 is 24.0 Å². The standard InChI is InChI=1S/C26H28N2O6/c1-6-33-24(29)22-17(3)27(5)18(4)26(25(30)34-7-2,20-11-9-8-10-12-20)23(22)19-13-15-21(16-14-19)28(31)32/h8-16,23H,4,6-7H2,1-3,5H3/t23-,26-/m1/s1. The summed E-state index contributed by atoms with van der Waals surface area (Å²) in [5, 5.41) is 11.3. The first-order chi connectivity index (χ1) is 16.2. The number of benzene rings is 2. The third-order valence-corrected chi connectivity index (χ3v) is 6.23. The number of hydrogen-bond donors (Lipinski definition) is 0. The number of carbonyl (C=O) groups is 2. The van der Waals surface area contributed by atoms with Crippen molar-refractivity contribution in [2.24, 2.45) is 0 Å². The van der Waals surface area contributed by atoms with E-state index in [9.17, 15) is 19.7 Å². The summed E-state index contributed by atoms with van der Waals surface area (Å²) in [7, 11) is 1.74. The lowest BCUT2D eigenvalue weighted by molar-refractivity contribution is -0.384.